The molecule has 2 aliphatic rings. The summed E-state index contributed by atoms with van der Waals surface area (Å²) in [5, 5.41) is 22.7. The van der Waals surface area contributed by atoms with Gasteiger partial charge < -0.3 is 14.8 Å². The number of hydrogen-bond acceptors (Lipinski definition) is 6. The Morgan fingerprint density at radius 3 is 2.67 bits per heavy atom. The third kappa shape index (κ3) is 4.80. The molecule has 10 heteroatoms. The first-order chi connectivity index (χ1) is 17.4. The molecule has 0 bridgehead atoms. The number of fused-ring (bicyclic) bond motifs is 1. The third-order valence-electron chi connectivity index (χ3n) is 7.14. The number of halogens is 1. The summed E-state index contributed by atoms with van der Waals surface area (Å²) in [4.78, 5) is 26.3. The maximum atomic E-state index is 14.8. The van der Waals surface area contributed by atoms with Crippen LogP contribution in [0.25, 0.3) is 11.4 Å². The minimum atomic E-state index is -0.596. The molecule has 1 N–H and O–H groups in total. The summed E-state index contributed by atoms with van der Waals surface area (Å²) < 4.78 is 16.9. The fourth-order valence-corrected chi connectivity index (χ4v) is 4.99. The van der Waals surface area contributed by atoms with Gasteiger partial charge in [-0.2, -0.15) is 0 Å². The molecule has 0 spiro atoms. The number of nitrogens with zero attached hydrogens (tertiary/aromatic N) is 5. The first-order valence-corrected chi connectivity index (χ1v) is 12.5. The Labute approximate surface area is 208 Å². The smallest absolute Gasteiger partial charge is 0.270 e. The standard InChI is InChI=1S/C26H29FN6O3/c1-17-10-13-31(14-11-17)23-9-7-19(33(35)36)16-20(23)26(34)28-22-15-18(6-8-21(22)27)25-30-29-24-5-3-2-4-12-32(24)25/h6-9,15-17H,2-5,10-14H2,1H3,(H,28,34). The Balaban J connectivity index is 1.46. The van der Waals surface area contributed by atoms with Crippen molar-refractivity contribution in [3.63, 3.8) is 0 Å². The number of hydrogen-bond donors (Lipinski definition) is 1. The van der Waals surface area contributed by atoms with Crippen LogP contribution in [-0.2, 0) is 13.0 Å². The van der Waals surface area contributed by atoms with Gasteiger partial charge in [-0.25, -0.2) is 4.39 Å². The zero-order valence-electron chi connectivity index (χ0n) is 20.2. The van der Waals surface area contributed by atoms with Crippen molar-refractivity contribution in [1.29, 1.82) is 0 Å². The highest BCUT2D eigenvalue weighted by atomic mass is 19.1. The van der Waals surface area contributed by atoms with Crippen molar-refractivity contribution in [3.8, 4) is 11.4 Å². The molecule has 1 amide bonds. The van der Waals surface area contributed by atoms with E-state index in [2.05, 4.69) is 31.9 Å². The molecule has 3 heterocycles. The van der Waals surface area contributed by atoms with Gasteiger partial charge in [-0.05, 0) is 55.9 Å². The van der Waals surface area contributed by atoms with E-state index in [1.165, 1.54) is 18.2 Å². The largest absolute Gasteiger partial charge is 0.371 e. The number of non-ortho nitro benzene ring substituents is 1. The van der Waals surface area contributed by atoms with E-state index in [9.17, 15) is 19.3 Å². The fraction of sp³-hybridized carbons (Fsp3) is 0.423. The van der Waals surface area contributed by atoms with Crippen LogP contribution in [0.5, 0.6) is 0 Å². The van der Waals surface area contributed by atoms with Crippen LogP contribution in [-0.4, -0.2) is 38.7 Å². The van der Waals surface area contributed by atoms with Crippen LogP contribution >= 0.6 is 0 Å². The van der Waals surface area contributed by atoms with Gasteiger partial charge in [0, 0.05) is 43.8 Å². The van der Waals surface area contributed by atoms with E-state index in [-0.39, 0.29) is 16.9 Å². The Morgan fingerprint density at radius 2 is 1.89 bits per heavy atom. The molecule has 1 fully saturated rings. The van der Waals surface area contributed by atoms with Crippen molar-refractivity contribution in [3.05, 3.63) is 63.7 Å². The summed E-state index contributed by atoms with van der Waals surface area (Å²) in [6.45, 7) is 4.48. The number of piperidine rings is 1. The molecule has 0 saturated carbocycles. The number of carbonyl (C=O) groups is 1. The Morgan fingerprint density at radius 1 is 1.08 bits per heavy atom. The van der Waals surface area contributed by atoms with Crippen molar-refractivity contribution < 1.29 is 14.1 Å². The number of anilines is 2. The van der Waals surface area contributed by atoms with Crippen molar-refractivity contribution in [2.75, 3.05) is 23.3 Å². The molecule has 3 aromatic rings. The van der Waals surface area contributed by atoms with Gasteiger partial charge >= 0.3 is 0 Å². The van der Waals surface area contributed by atoms with E-state index in [0.717, 1.165) is 64.0 Å². The Kier molecular flexibility index (Phi) is 6.67. The molecule has 2 aromatic carbocycles. The minimum Gasteiger partial charge on any atom is -0.371 e. The summed E-state index contributed by atoms with van der Waals surface area (Å²) in [7, 11) is 0. The van der Waals surface area contributed by atoms with Crippen LogP contribution in [0.3, 0.4) is 0 Å². The molecule has 36 heavy (non-hydrogen) atoms. The molecule has 2 aliphatic heterocycles. The van der Waals surface area contributed by atoms with E-state index < -0.39 is 16.6 Å². The van der Waals surface area contributed by atoms with Crippen LogP contribution < -0.4 is 10.2 Å². The minimum absolute atomic E-state index is 0.00630. The normalized spacial score (nSPS) is 16.3. The number of amides is 1. The monoisotopic (exact) mass is 492 g/mol. The van der Waals surface area contributed by atoms with E-state index >= 15 is 0 Å². The summed E-state index contributed by atoms with van der Waals surface area (Å²) in [5.41, 5.74) is 1.23. The Bertz CT molecular complexity index is 1300. The molecule has 0 atom stereocenters. The van der Waals surface area contributed by atoms with Gasteiger partial charge in [0.15, 0.2) is 5.82 Å². The number of rotatable bonds is 5. The van der Waals surface area contributed by atoms with Crippen molar-refractivity contribution >= 4 is 23.0 Å². The topological polar surface area (TPSA) is 106 Å². The summed E-state index contributed by atoms with van der Waals surface area (Å²) in [6.07, 6.45) is 5.99. The average Bonchev–Trinajstić information content (AvgIpc) is 3.13. The number of nitrogens with one attached hydrogen (secondary N) is 1. The molecule has 1 aromatic heterocycles. The van der Waals surface area contributed by atoms with Gasteiger partial charge in [0.25, 0.3) is 11.6 Å². The SMILES string of the molecule is CC1CCN(c2ccc([N+](=O)[O-])cc2C(=O)Nc2cc(-c3nnc4n3CCCCC4)ccc2F)CC1. The average molecular weight is 493 g/mol. The molecule has 0 unspecified atom stereocenters. The van der Waals surface area contributed by atoms with Gasteiger partial charge in [-0.1, -0.05) is 13.3 Å². The second kappa shape index (κ2) is 10.0. The second-order valence-corrected chi connectivity index (χ2v) is 9.68. The van der Waals surface area contributed by atoms with Crippen LogP contribution in [0.15, 0.2) is 36.4 Å². The number of aryl methyl sites for hydroxylation is 1. The van der Waals surface area contributed by atoms with E-state index in [1.54, 1.807) is 18.2 Å². The first kappa shape index (κ1) is 23.9. The van der Waals surface area contributed by atoms with Gasteiger partial charge in [0.2, 0.25) is 0 Å². The highest BCUT2D eigenvalue weighted by Crippen LogP contribution is 2.31. The van der Waals surface area contributed by atoms with Crippen molar-refractivity contribution in [2.24, 2.45) is 5.92 Å². The highest BCUT2D eigenvalue weighted by molar-refractivity contribution is 6.09. The number of nitro groups is 1. The van der Waals surface area contributed by atoms with Crippen LogP contribution in [0.4, 0.5) is 21.5 Å². The quantitative estimate of drug-likeness (QED) is 0.387. The van der Waals surface area contributed by atoms with Crippen LogP contribution in [0, 0.1) is 21.8 Å². The summed E-state index contributed by atoms with van der Waals surface area (Å²) in [6, 6.07) is 8.76. The summed E-state index contributed by atoms with van der Waals surface area (Å²) in [5.74, 6) is 0.945. The van der Waals surface area contributed by atoms with E-state index in [1.807, 2.05) is 0 Å². The lowest BCUT2D eigenvalue weighted by Crippen LogP contribution is -2.34. The summed E-state index contributed by atoms with van der Waals surface area (Å²) >= 11 is 0. The molecule has 1 saturated heterocycles. The fourth-order valence-electron chi connectivity index (χ4n) is 4.99. The van der Waals surface area contributed by atoms with Gasteiger partial charge in [0.05, 0.1) is 21.9 Å². The molecule has 5 rings (SSSR count). The van der Waals surface area contributed by atoms with Crippen LogP contribution in [0.2, 0.25) is 0 Å². The van der Waals surface area contributed by atoms with Gasteiger partial charge in [0.1, 0.15) is 11.6 Å². The van der Waals surface area contributed by atoms with Crippen molar-refractivity contribution in [1.82, 2.24) is 14.8 Å². The predicted molar refractivity (Wildman–Crippen MR) is 135 cm³/mol. The molecule has 9 nitrogen and oxygen atoms in total. The molecular formula is C26H29FN6O3. The maximum absolute atomic E-state index is 14.8. The first-order valence-electron chi connectivity index (χ1n) is 12.5. The van der Waals surface area contributed by atoms with E-state index in [0.29, 0.717) is 23.0 Å². The Hall–Kier alpha value is -3.82. The van der Waals surface area contributed by atoms with E-state index in [4.69, 9.17) is 0 Å². The zero-order valence-corrected chi connectivity index (χ0v) is 20.2. The number of nitro benzene ring substituents is 1. The lowest BCUT2D eigenvalue weighted by molar-refractivity contribution is -0.384. The van der Waals surface area contributed by atoms with Gasteiger partial charge in [-0.3, -0.25) is 14.9 Å². The molecule has 188 valence electrons. The third-order valence-corrected chi connectivity index (χ3v) is 7.14. The van der Waals surface area contributed by atoms with Crippen LogP contribution in [0.1, 0.15) is 55.2 Å². The number of aromatic nitrogens is 3. The zero-order chi connectivity index (χ0) is 25.2. The number of benzene rings is 2. The maximum Gasteiger partial charge on any atom is 0.270 e. The lowest BCUT2D eigenvalue weighted by Gasteiger charge is -2.33. The molecule has 0 aliphatic carbocycles. The second-order valence-electron chi connectivity index (χ2n) is 9.68. The molecular weight excluding hydrogens is 463 g/mol. The number of carbonyl (C=O) groups excluding carboxylic acids is 1. The van der Waals surface area contributed by atoms with Crippen molar-refractivity contribution in [2.45, 2.75) is 52.0 Å². The molecule has 0 radical (unpaired) electrons. The highest BCUT2D eigenvalue weighted by Gasteiger charge is 2.25. The van der Waals surface area contributed by atoms with Gasteiger partial charge in [-0.15, -0.1) is 10.2 Å². The lowest BCUT2D eigenvalue weighted by atomic mass is 9.97. The predicted octanol–water partition coefficient (Wildman–Crippen LogP) is 5.21.